The highest BCUT2D eigenvalue weighted by atomic mass is 32.1. The number of fused-ring (bicyclic) bond motifs is 1. The van der Waals surface area contributed by atoms with Crippen LogP contribution in [0.15, 0.2) is 71.0 Å². The third-order valence-corrected chi connectivity index (χ3v) is 6.38. The molecule has 5 rings (SSSR count). The van der Waals surface area contributed by atoms with E-state index < -0.39 is 0 Å². The van der Waals surface area contributed by atoms with Crippen molar-refractivity contribution in [2.24, 2.45) is 4.99 Å². The van der Waals surface area contributed by atoms with Crippen molar-refractivity contribution in [2.75, 3.05) is 21.0 Å². The topological polar surface area (TPSA) is 54.2 Å². The lowest BCUT2D eigenvalue weighted by atomic mass is 10.1. The number of aryl methyl sites for hydroxylation is 1. The molecule has 1 aromatic heterocycles. The molecule has 0 amide bonds. The van der Waals surface area contributed by atoms with Crippen LogP contribution in [0, 0.1) is 6.92 Å². The van der Waals surface area contributed by atoms with E-state index in [-0.39, 0.29) is 6.79 Å². The first kappa shape index (κ1) is 21.2. The summed E-state index contributed by atoms with van der Waals surface area (Å²) in [5, 5.41) is 2.12. The molecule has 168 valence electrons. The second-order valence-electron chi connectivity index (χ2n) is 7.69. The largest absolute Gasteiger partial charge is 0.497 e. The number of hydrogen-bond acceptors (Lipinski definition) is 6. The molecule has 6 nitrogen and oxygen atoms in total. The molecule has 1 aliphatic heterocycles. The van der Waals surface area contributed by atoms with Gasteiger partial charge >= 0.3 is 0 Å². The molecule has 3 aromatic carbocycles. The van der Waals surface area contributed by atoms with Crippen LogP contribution in [0.25, 0.3) is 11.3 Å². The average molecular weight is 461 g/mol. The first-order chi connectivity index (χ1) is 16.1. The number of methoxy groups -OCH3 is 2. The Hall–Kier alpha value is -3.71. The number of aromatic nitrogens is 1. The summed E-state index contributed by atoms with van der Waals surface area (Å²) in [6.07, 6.45) is 0. The van der Waals surface area contributed by atoms with E-state index in [2.05, 4.69) is 35.1 Å². The van der Waals surface area contributed by atoms with Gasteiger partial charge in [0.25, 0.3) is 0 Å². The van der Waals surface area contributed by atoms with Gasteiger partial charge in [0.1, 0.15) is 11.5 Å². The monoisotopic (exact) mass is 460 g/mol. The van der Waals surface area contributed by atoms with Gasteiger partial charge in [0, 0.05) is 17.0 Å². The van der Waals surface area contributed by atoms with Crippen molar-refractivity contribution in [3.05, 3.63) is 82.0 Å². The summed E-state index contributed by atoms with van der Waals surface area (Å²) in [6, 6.07) is 20.1. The number of rotatable bonds is 6. The van der Waals surface area contributed by atoms with Gasteiger partial charge in [-0.15, -0.1) is 11.3 Å². The fourth-order valence-electron chi connectivity index (χ4n) is 3.75. The summed E-state index contributed by atoms with van der Waals surface area (Å²) in [5.74, 6) is 3.03. The molecule has 0 unspecified atom stereocenters. The Balaban J connectivity index is 1.64. The van der Waals surface area contributed by atoms with Crippen molar-refractivity contribution in [3.8, 4) is 34.3 Å². The van der Waals surface area contributed by atoms with Gasteiger partial charge in [0.15, 0.2) is 16.3 Å². The molecular formula is C26H24N2O4S. The minimum Gasteiger partial charge on any atom is -0.497 e. The van der Waals surface area contributed by atoms with Gasteiger partial charge in [-0.05, 0) is 48.9 Å². The summed E-state index contributed by atoms with van der Waals surface area (Å²) in [7, 11) is 3.32. The van der Waals surface area contributed by atoms with Crippen molar-refractivity contribution < 1.29 is 18.9 Å². The fraction of sp³-hybridized carbons (Fsp3) is 0.192. The molecule has 2 heterocycles. The molecule has 0 atom stereocenters. The van der Waals surface area contributed by atoms with Crippen LogP contribution >= 0.6 is 11.3 Å². The molecule has 1 aliphatic rings. The molecule has 4 aromatic rings. The van der Waals surface area contributed by atoms with Crippen LogP contribution in [0.3, 0.4) is 0 Å². The van der Waals surface area contributed by atoms with Gasteiger partial charge in [-0.3, -0.25) is 0 Å². The van der Waals surface area contributed by atoms with E-state index in [0.717, 1.165) is 50.3 Å². The predicted octanol–water partition coefficient (Wildman–Crippen LogP) is 5.55. The Morgan fingerprint density at radius 2 is 1.76 bits per heavy atom. The molecule has 0 N–H and O–H groups in total. The summed E-state index contributed by atoms with van der Waals surface area (Å²) in [5.41, 5.74) is 5.20. The highest BCUT2D eigenvalue weighted by Crippen LogP contribution is 2.35. The molecule has 0 spiro atoms. The Bertz CT molecular complexity index is 1360. The maximum Gasteiger partial charge on any atom is 0.231 e. The van der Waals surface area contributed by atoms with E-state index in [1.807, 2.05) is 42.5 Å². The van der Waals surface area contributed by atoms with Gasteiger partial charge < -0.3 is 23.5 Å². The van der Waals surface area contributed by atoms with Gasteiger partial charge in [0.05, 0.1) is 32.1 Å². The summed E-state index contributed by atoms with van der Waals surface area (Å²) >= 11 is 1.60. The molecule has 33 heavy (non-hydrogen) atoms. The lowest BCUT2D eigenvalue weighted by Crippen LogP contribution is -2.17. The van der Waals surface area contributed by atoms with Crippen LogP contribution in [-0.4, -0.2) is 25.6 Å². The maximum absolute atomic E-state index is 5.69. The van der Waals surface area contributed by atoms with Crippen molar-refractivity contribution in [1.29, 1.82) is 0 Å². The normalized spacial score (nSPS) is 12.8. The lowest BCUT2D eigenvalue weighted by molar-refractivity contribution is 0.174. The molecule has 0 aliphatic carbocycles. The zero-order valence-electron chi connectivity index (χ0n) is 18.7. The van der Waals surface area contributed by atoms with E-state index in [1.54, 1.807) is 25.6 Å². The Kier molecular flexibility index (Phi) is 5.79. The highest BCUT2D eigenvalue weighted by Gasteiger charge is 2.17. The van der Waals surface area contributed by atoms with Gasteiger partial charge in [-0.1, -0.05) is 23.8 Å². The van der Waals surface area contributed by atoms with Gasteiger partial charge in [0.2, 0.25) is 6.79 Å². The first-order valence-corrected chi connectivity index (χ1v) is 11.4. The third-order valence-electron chi connectivity index (χ3n) is 5.52. The van der Waals surface area contributed by atoms with Crippen molar-refractivity contribution in [1.82, 2.24) is 4.57 Å². The number of hydrogen-bond donors (Lipinski definition) is 0. The van der Waals surface area contributed by atoms with E-state index in [9.17, 15) is 0 Å². The molecule has 0 bridgehead atoms. The summed E-state index contributed by atoms with van der Waals surface area (Å²) in [4.78, 5) is 5.84. The highest BCUT2D eigenvalue weighted by molar-refractivity contribution is 7.07. The predicted molar refractivity (Wildman–Crippen MR) is 129 cm³/mol. The number of thiazole rings is 1. The quantitative estimate of drug-likeness (QED) is 0.378. The standard InChI is InChI=1S/C26H24N2O4S/c1-17-4-7-19(8-5-17)27-26-28(14-18-6-11-23-25(12-18)32-16-31-23)22(15-33-26)21-10-9-20(29-2)13-24(21)30-3/h4-13,15H,14,16H2,1-3H3. The Labute approximate surface area is 196 Å². The van der Waals surface area contributed by atoms with Crippen LogP contribution in [0.2, 0.25) is 0 Å². The van der Waals surface area contributed by atoms with Crippen LogP contribution < -0.4 is 23.7 Å². The van der Waals surface area contributed by atoms with Crippen molar-refractivity contribution >= 4 is 17.0 Å². The number of ether oxygens (including phenoxy) is 4. The molecule has 7 heteroatoms. The van der Waals surface area contributed by atoms with Gasteiger partial charge in [-0.25, -0.2) is 4.99 Å². The molecule has 0 fully saturated rings. The third kappa shape index (κ3) is 4.32. The molecular weight excluding hydrogens is 436 g/mol. The minimum absolute atomic E-state index is 0.257. The van der Waals surface area contributed by atoms with Crippen molar-refractivity contribution in [2.45, 2.75) is 13.5 Å². The van der Waals surface area contributed by atoms with Crippen LogP contribution in [-0.2, 0) is 6.54 Å². The molecule has 0 saturated carbocycles. The van der Waals surface area contributed by atoms with Crippen LogP contribution in [0.5, 0.6) is 23.0 Å². The second kappa shape index (κ2) is 9.03. The number of nitrogens with zero attached hydrogens (tertiary/aromatic N) is 2. The van der Waals surface area contributed by atoms with Crippen molar-refractivity contribution in [3.63, 3.8) is 0 Å². The Morgan fingerprint density at radius 3 is 2.55 bits per heavy atom. The van der Waals surface area contributed by atoms with E-state index in [4.69, 9.17) is 23.9 Å². The number of benzene rings is 3. The average Bonchev–Trinajstić information content (AvgIpc) is 3.47. The smallest absolute Gasteiger partial charge is 0.231 e. The van der Waals surface area contributed by atoms with E-state index >= 15 is 0 Å². The maximum atomic E-state index is 5.69. The summed E-state index contributed by atoms with van der Waals surface area (Å²) in [6.45, 7) is 2.95. The van der Waals surface area contributed by atoms with E-state index in [1.165, 1.54) is 5.56 Å². The summed E-state index contributed by atoms with van der Waals surface area (Å²) < 4.78 is 24.3. The Morgan fingerprint density at radius 1 is 0.939 bits per heavy atom. The first-order valence-electron chi connectivity index (χ1n) is 10.6. The molecule has 0 radical (unpaired) electrons. The van der Waals surface area contributed by atoms with Crippen LogP contribution in [0.4, 0.5) is 5.69 Å². The van der Waals surface area contributed by atoms with Gasteiger partial charge in [-0.2, -0.15) is 0 Å². The minimum atomic E-state index is 0.257. The van der Waals surface area contributed by atoms with E-state index in [0.29, 0.717) is 6.54 Å². The van der Waals surface area contributed by atoms with Crippen LogP contribution in [0.1, 0.15) is 11.1 Å². The molecule has 0 saturated heterocycles. The SMILES string of the molecule is COc1ccc(-c2csc(=Nc3ccc(C)cc3)n2Cc2ccc3c(c2)OCO3)c(OC)c1. The fourth-order valence-corrected chi connectivity index (χ4v) is 4.67. The zero-order valence-corrected chi connectivity index (χ0v) is 19.5. The lowest BCUT2D eigenvalue weighted by Gasteiger charge is -2.14. The zero-order chi connectivity index (χ0) is 22.8. The second-order valence-corrected chi connectivity index (χ2v) is 8.53.